The first kappa shape index (κ1) is 15.3. The van der Waals surface area contributed by atoms with Crippen molar-refractivity contribution in [1.82, 2.24) is 10.2 Å². The number of ether oxygens (including phenoxy) is 1. The molecule has 0 aromatic heterocycles. The second-order valence-electron chi connectivity index (χ2n) is 6.48. The molecule has 1 unspecified atom stereocenters. The third-order valence-corrected chi connectivity index (χ3v) is 4.25. The van der Waals surface area contributed by atoms with Gasteiger partial charge in [0, 0.05) is 6.04 Å². The monoisotopic (exact) mass is 282 g/mol. The van der Waals surface area contributed by atoms with Gasteiger partial charge in [-0.25, -0.2) is 0 Å². The number of piperidine rings is 1. The fourth-order valence-corrected chi connectivity index (χ4v) is 2.92. The SMILES string of the molecule is CCOC(=O)CN(C(=O)C1NCCCC1(C)C)C1CC1. The highest BCUT2D eigenvalue weighted by Gasteiger charge is 2.43. The Hall–Kier alpha value is -1.10. The minimum absolute atomic E-state index is 0.0584. The Balaban J connectivity index is 2.04. The van der Waals surface area contributed by atoms with Gasteiger partial charge in [-0.2, -0.15) is 0 Å². The zero-order valence-electron chi connectivity index (χ0n) is 12.8. The van der Waals surface area contributed by atoms with E-state index in [1.165, 1.54) is 0 Å². The van der Waals surface area contributed by atoms with Gasteiger partial charge in [0.15, 0.2) is 0 Å². The summed E-state index contributed by atoms with van der Waals surface area (Å²) in [6.07, 6.45) is 4.13. The fourth-order valence-electron chi connectivity index (χ4n) is 2.92. The van der Waals surface area contributed by atoms with Crippen molar-refractivity contribution in [2.45, 2.75) is 58.5 Å². The Morgan fingerprint density at radius 3 is 2.60 bits per heavy atom. The van der Waals surface area contributed by atoms with Crippen LogP contribution >= 0.6 is 0 Å². The Kier molecular flexibility index (Phi) is 4.68. The topological polar surface area (TPSA) is 58.6 Å². The molecule has 0 radical (unpaired) electrons. The molecular formula is C15H26N2O3. The van der Waals surface area contributed by atoms with Crippen molar-refractivity contribution in [3.8, 4) is 0 Å². The summed E-state index contributed by atoms with van der Waals surface area (Å²) in [7, 11) is 0. The average Bonchev–Trinajstić information content (AvgIpc) is 3.19. The van der Waals surface area contributed by atoms with Gasteiger partial charge in [0.05, 0.1) is 12.6 Å². The largest absolute Gasteiger partial charge is 0.465 e. The standard InChI is InChI=1S/C15H26N2O3/c1-4-20-12(18)10-17(11-6-7-11)14(19)13-15(2,3)8-5-9-16-13/h11,13,16H,4-10H2,1-3H3. The number of nitrogens with zero attached hydrogens (tertiary/aromatic N) is 1. The fraction of sp³-hybridized carbons (Fsp3) is 0.867. The van der Waals surface area contributed by atoms with Crippen LogP contribution < -0.4 is 5.32 Å². The summed E-state index contributed by atoms with van der Waals surface area (Å²) in [5.41, 5.74) is -0.0584. The second kappa shape index (κ2) is 6.12. The number of amides is 1. The molecular weight excluding hydrogens is 256 g/mol. The summed E-state index contributed by atoms with van der Waals surface area (Å²) in [5, 5.41) is 3.33. The van der Waals surface area contributed by atoms with Gasteiger partial charge in [0.1, 0.15) is 6.54 Å². The third kappa shape index (κ3) is 3.51. The van der Waals surface area contributed by atoms with Gasteiger partial charge in [-0.15, -0.1) is 0 Å². The van der Waals surface area contributed by atoms with E-state index in [-0.39, 0.29) is 35.9 Å². The summed E-state index contributed by atoms with van der Waals surface area (Å²) in [4.78, 5) is 26.2. The molecule has 2 rings (SSSR count). The normalized spacial score (nSPS) is 25.1. The molecule has 0 aromatic carbocycles. The maximum atomic E-state index is 12.8. The Morgan fingerprint density at radius 2 is 2.05 bits per heavy atom. The molecule has 2 fully saturated rings. The number of esters is 1. The van der Waals surface area contributed by atoms with Gasteiger partial charge >= 0.3 is 5.97 Å². The summed E-state index contributed by atoms with van der Waals surface area (Å²) in [6, 6.07) is 0.0395. The molecule has 0 spiro atoms. The predicted octanol–water partition coefficient (Wildman–Crippen LogP) is 1.32. The smallest absolute Gasteiger partial charge is 0.325 e. The molecule has 5 nitrogen and oxygen atoms in total. The first-order valence-corrected chi connectivity index (χ1v) is 7.65. The molecule has 2 aliphatic rings. The van der Waals surface area contributed by atoms with Crippen LogP contribution in [0.5, 0.6) is 0 Å². The van der Waals surface area contributed by atoms with E-state index in [9.17, 15) is 9.59 Å². The molecule has 1 atom stereocenters. The Morgan fingerprint density at radius 1 is 1.35 bits per heavy atom. The minimum Gasteiger partial charge on any atom is -0.465 e. The number of hydrogen-bond donors (Lipinski definition) is 1. The minimum atomic E-state index is -0.304. The van der Waals surface area contributed by atoms with E-state index in [0.717, 1.165) is 32.2 Å². The molecule has 1 N–H and O–H groups in total. The van der Waals surface area contributed by atoms with Gasteiger partial charge in [-0.1, -0.05) is 13.8 Å². The van der Waals surface area contributed by atoms with Crippen LogP contribution in [0.4, 0.5) is 0 Å². The average molecular weight is 282 g/mol. The second-order valence-corrected chi connectivity index (χ2v) is 6.48. The van der Waals surface area contributed by atoms with Crippen LogP contribution in [0, 0.1) is 5.41 Å². The van der Waals surface area contributed by atoms with Crippen molar-refractivity contribution < 1.29 is 14.3 Å². The van der Waals surface area contributed by atoms with Crippen LogP contribution in [0.1, 0.15) is 46.5 Å². The van der Waals surface area contributed by atoms with Crippen molar-refractivity contribution >= 4 is 11.9 Å². The van der Waals surface area contributed by atoms with Crippen molar-refractivity contribution in [1.29, 1.82) is 0 Å². The summed E-state index contributed by atoms with van der Waals surface area (Å²) < 4.78 is 4.99. The first-order chi connectivity index (χ1) is 9.45. The molecule has 1 heterocycles. The highest BCUT2D eigenvalue weighted by Crippen LogP contribution is 2.34. The summed E-state index contributed by atoms with van der Waals surface area (Å²) in [6.45, 7) is 7.35. The lowest BCUT2D eigenvalue weighted by atomic mass is 9.77. The lowest BCUT2D eigenvalue weighted by Gasteiger charge is -2.40. The van der Waals surface area contributed by atoms with Crippen LogP contribution in [-0.2, 0) is 14.3 Å². The molecule has 114 valence electrons. The van der Waals surface area contributed by atoms with E-state index in [4.69, 9.17) is 4.74 Å². The van der Waals surface area contributed by atoms with E-state index in [1.54, 1.807) is 11.8 Å². The summed E-state index contributed by atoms with van der Waals surface area (Å²) >= 11 is 0. The van der Waals surface area contributed by atoms with Crippen molar-refractivity contribution in [3.05, 3.63) is 0 Å². The van der Waals surface area contributed by atoms with Crippen molar-refractivity contribution in [2.24, 2.45) is 5.41 Å². The number of carbonyl (C=O) groups is 2. The van der Waals surface area contributed by atoms with Crippen LogP contribution in [0.2, 0.25) is 0 Å². The lowest BCUT2D eigenvalue weighted by molar-refractivity contribution is -0.151. The molecule has 20 heavy (non-hydrogen) atoms. The van der Waals surface area contributed by atoms with Crippen LogP contribution in [0.15, 0.2) is 0 Å². The molecule has 1 aliphatic carbocycles. The predicted molar refractivity (Wildman–Crippen MR) is 76.2 cm³/mol. The molecule has 0 bridgehead atoms. The van der Waals surface area contributed by atoms with E-state index >= 15 is 0 Å². The quantitative estimate of drug-likeness (QED) is 0.773. The van der Waals surface area contributed by atoms with Gasteiger partial charge in [-0.05, 0) is 44.6 Å². The molecule has 1 aliphatic heterocycles. The van der Waals surface area contributed by atoms with Gasteiger partial charge < -0.3 is 15.0 Å². The lowest BCUT2D eigenvalue weighted by Crippen LogP contribution is -2.57. The maximum Gasteiger partial charge on any atom is 0.325 e. The van der Waals surface area contributed by atoms with Crippen LogP contribution in [-0.4, -0.2) is 48.6 Å². The zero-order chi connectivity index (χ0) is 14.8. The van der Waals surface area contributed by atoms with E-state index < -0.39 is 0 Å². The highest BCUT2D eigenvalue weighted by atomic mass is 16.5. The van der Waals surface area contributed by atoms with Crippen molar-refractivity contribution in [2.75, 3.05) is 19.7 Å². The zero-order valence-corrected chi connectivity index (χ0v) is 12.8. The van der Waals surface area contributed by atoms with Crippen LogP contribution in [0.25, 0.3) is 0 Å². The molecule has 1 saturated heterocycles. The Bertz CT molecular complexity index is 377. The van der Waals surface area contributed by atoms with E-state index in [2.05, 4.69) is 19.2 Å². The molecule has 1 amide bonds. The van der Waals surface area contributed by atoms with Gasteiger partial charge in [0.25, 0.3) is 0 Å². The van der Waals surface area contributed by atoms with Gasteiger partial charge in [0.2, 0.25) is 5.91 Å². The number of hydrogen-bond acceptors (Lipinski definition) is 4. The van der Waals surface area contributed by atoms with Gasteiger partial charge in [-0.3, -0.25) is 9.59 Å². The Labute approximate surface area is 121 Å². The highest BCUT2D eigenvalue weighted by molar-refractivity contribution is 5.87. The number of carbonyl (C=O) groups excluding carboxylic acids is 2. The third-order valence-electron chi connectivity index (χ3n) is 4.25. The van der Waals surface area contributed by atoms with Crippen LogP contribution in [0.3, 0.4) is 0 Å². The van der Waals surface area contributed by atoms with Crippen molar-refractivity contribution in [3.63, 3.8) is 0 Å². The summed E-state index contributed by atoms with van der Waals surface area (Å²) in [5.74, 6) is -0.244. The molecule has 5 heteroatoms. The first-order valence-electron chi connectivity index (χ1n) is 7.65. The number of nitrogens with one attached hydrogen (secondary N) is 1. The van der Waals surface area contributed by atoms with E-state index in [1.807, 2.05) is 0 Å². The maximum absolute atomic E-state index is 12.8. The molecule has 0 aromatic rings. The number of rotatable bonds is 5. The molecule has 1 saturated carbocycles. The van der Waals surface area contributed by atoms with E-state index in [0.29, 0.717) is 6.61 Å².